The summed E-state index contributed by atoms with van der Waals surface area (Å²) in [6.45, 7) is 2.14. The first-order valence-corrected chi connectivity index (χ1v) is 6.68. The zero-order valence-corrected chi connectivity index (χ0v) is 12.2. The van der Waals surface area contributed by atoms with Gasteiger partial charge >= 0.3 is 0 Å². The van der Waals surface area contributed by atoms with Crippen molar-refractivity contribution in [2.24, 2.45) is 5.84 Å². The Hall–Kier alpha value is -3.27. The van der Waals surface area contributed by atoms with E-state index in [0.717, 1.165) is 5.56 Å². The van der Waals surface area contributed by atoms with Gasteiger partial charge in [-0.3, -0.25) is 10.1 Å². The molecule has 118 valence electrons. The molecule has 0 bridgehead atoms. The van der Waals surface area contributed by atoms with Gasteiger partial charge in [-0.25, -0.2) is 10.8 Å². The van der Waals surface area contributed by atoms with E-state index < -0.39 is 4.92 Å². The molecule has 0 saturated carbocycles. The van der Waals surface area contributed by atoms with E-state index in [2.05, 4.69) is 20.4 Å². The van der Waals surface area contributed by atoms with Crippen LogP contribution in [0.1, 0.15) is 11.1 Å². The number of nitrogen functional groups attached to an aromatic ring is 2. The number of aryl methyl sites for hydroxylation is 1. The number of nitrogens with zero attached hydrogens (tertiary/aromatic N) is 5. The van der Waals surface area contributed by atoms with Gasteiger partial charge in [-0.05, 0) is 18.6 Å². The van der Waals surface area contributed by atoms with Gasteiger partial charge in [-0.15, -0.1) is 0 Å². The van der Waals surface area contributed by atoms with Crippen molar-refractivity contribution in [3.63, 3.8) is 0 Å². The van der Waals surface area contributed by atoms with E-state index in [4.69, 9.17) is 11.6 Å². The minimum absolute atomic E-state index is 0.0760. The first-order valence-electron chi connectivity index (χ1n) is 6.68. The van der Waals surface area contributed by atoms with Gasteiger partial charge in [0, 0.05) is 11.6 Å². The topological polar surface area (TPSA) is 151 Å². The lowest BCUT2D eigenvalue weighted by atomic mass is 10.1. The van der Waals surface area contributed by atoms with Crippen molar-refractivity contribution in [1.29, 1.82) is 0 Å². The molecule has 0 atom stereocenters. The van der Waals surface area contributed by atoms with Crippen LogP contribution < -0.4 is 17.0 Å². The Morgan fingerprint density at radius 1 is 1.39 bits per heavy atom. The smallest absolute Gasteiger partial charge is 0.272 e. The van der Waals surface area contributed by atoms with Crippen molar-refractivity contribution in [3.8, 4) is 0 Å². The molecule has 0 unspecified atom stereocenters. The van der Waals surface area contributed by atoms with E-state index in [1.165, 1.54) is 6.07 Å². The molecule has 0 aliphatic carbocycles. The highest BCUT2D eigenvalue weighted by Crippen LogP contribution is 2.22. The molecule has 0 spiro atoms. The van der Waals surface area contributed by atoms with E-state index in [1.807, 2.05) is 0 Å². The van der Waals surface area contributed by atoms with Crippen LogP contribution in [0.2, 0.25) is 0 Å². The molecular formula is C13H14N8O2. The lowest BCUT2D eigenvalue weighted by molar-refractivity contribution is -0.385. The summed E-state index contributed by atoms with van der Waals surface area (Å²) in [6.07, 6.45) is 1.59. The van der Waals surface area contributed by atoms with Crippen molar-refractivity contribution in [2.75, 3.05) is 11.2 Å². The van der Waals surface area contributed by atoms with Crippen molar-refractivity contribution in [2.45, 2.75) is 13.5 Å². The van der Waals surface area contributed by atoms with Crippen molar-refractivity contribution in [3.05, 3.63) is 45.8 Å². The third kappa shape index (κ3) is 2.62. The fourth-order valence-electron chi connectivity index (χ4n) is 2.39. The largest absolute Gasteiger partial charge is 0.368 e. The summed E-state index contributed by atoms with van der Waals surface area (Å²) in [5, 5.41) is 10.9. The Morgan fingerprint density at radius 2 is 2.17 bits per heavy atom. The number of nitro groups is 1. The summed E-state index contributed by atoms with van der Waals surface area (Å²) in [5.41, 5.74) is 10.7. The maximum absolute atomic E-state index is 10.9. The normalized spacial score (nSPS) is 10.9. The number of nitrogens with one attached hydrogen (secondary N) is 1. The number of hydrogen-bond donors (Lipinski definition) is 3. The highest BCUT2D eigenvalue weighted by atomic mass is 16.6. The summed E-state index contributed by atoms with van der Waals surface area (Å²) in [6, 6.07) is 4.94. The molecule has 0 radical (unpaired) electrons. The average Bonchev–Trinajstić information content (AvgIpc) is 2.89. The zero-order valence-electron chi connectivity index (χ0n) is 12.2. The van der Waals surface area contributed by atoms with Crippen LogP contribution in [0.5, 0.6) is 0 Å². The van der Waals surface area contributed by atoms with E-state index in [9.17, 15) is 10.1 Å². The van der Waals surface area contributed by atoms with Gasteiger partial charge in [0.15, 0.2) is 17.0 Å². The molecule has 0 aliphatic rings. The molecule has 0 amide bonds. The molecular weight excluding hydrogens is 300 g/mol. The highest BCUT2D eigenvalue weighted by molar-refractivity contribution is 5.83. The van der Waals surface area contributed by atoms with Crippen molar-refractivity contribution >= 4 is 28.6 Å². The summed E-state index contributed by atoms with van der Waals surface area (Å²) < 4.78 is 1.77. The van der Waals surface area contributed by atoms with Crippen molar-refractivity contribution in [1.82, 2.24) is 19.5 Å². The van der Waals surface area contributed by atoms with Gasteiger partial charge in [-0.2, -0.15) is 9.97 Å². The third-order valence-electron chi connectivity index (χ3n) is 3.43. The molecule has 5 N–H and O–H groups in total. The SMILES string of the molecule is Cc1cc(Cn2cnc3c(NN)nc(N)nc32)ccc1[N+](=O)[O-]. The number of rotatable bonds is 4. The van der Waals surface area contributed by atoms with E-state index in [-0.39, 0.29) is 11.6 Å². The number of nitrogens with two attached hydrogens (primary N) is 2. The molecule has 3 aromatic rings. The minimum Gasteiger partial charge on any atom is -0.368 e. The second kappa shape index (κ2) is 5.50. The molecule has 10 nitrogen and oxygen atoms in total. The van der Waals surface area contributed by atoms with E-state index in [0.29, 0.717) is 29.1 Å². The van der Waals surface area contributed by atoms with Crippen LogP contribution in [0.25, 0.3) is 11.2 Å². The first-order chi connectivity index (χ1) is 11.0. The molecule has 23 heavy (non-hydrogen) atoms. The molecule has 3 rings (SSSR count). The van der Waals surface area contributed by atoms with Gasteiger partial charge in [0.05, 0.1) is 17.8 Å². The Labute approximate surface area is 130 Å². The number of hydrazine groups is 1. The van der Waals surface area contributed by atoms with Gasteiger partial charge < -0.3 is 15.7 Å². The zero-order chi connectivity index (χ0) is 16.6. The Kier molecular flexibility index (Phi) is 3.50. The first kappa shape index (κ1) is 14.7. The summed E-state index contributed by atoms with van der Waals surface area (Å²) in [5.74, 6) is 5.82. The summed E-state index contributed by atoms with van der Waals surface area (Å²) in [4.78, 5) is 22.8. The number of aromatic nitrogens is 4. The molecule has 0 fully saturated rings. The van der Waals surface area contributed by atoms with Crippen LogP contribution in [0.3, 0.4) is 0 Å². The number of imidazole rings is 1. The number of fused-ring (bicyclic) bond motifs is 1. The summed E-state index contributed by atoms with van der Waals surface area (Å²) in [7, 11) is 0. The maximum Gasteiger partial charge on any atom is 0.272 e. The molecule has 0 aliphatic heterocycles. The van der Waals surface area contributed by atoms with Crippen molar-refractivity contribution < 1.29 is 4.92 Å². The third-order valence-corrected chi connectivity index (χ3v) is 3.43. The molecule has 2 aromatic heterocycles. The second-order valence-electron chi connectivity index (χ2n) is 5.00. The monoisotopic (exact) mass is 314 g/mol. The lowest BCUT2D eigenvalue weighted by Gasteiger charge is -2.07. The Balaban J connectivity index is 2.00. The minimum atomic E-state index is -0.404. The fourth-order valence-corrected chi connectivity index (χ4v) is 2.39. The molecule has 1 aromatic carbocycles. The van der Waals surface area contributed by atoms with Gasteiger partial charge in [0.25, 0.3) is 5.69 Å². The van der Waals surface area contributed by atoms with Gasteiger partial charge in [-0.1, -0.05) is 6.07 Å². The summed E-state index contributed by atoms with van der Waals surface area (Å²) >= 11 is 0. The van der Waals surface area contributed by atoms with Crippen LogP contribution in [0, 0.1) is 17.0 Å². The molecule has 2 heterocycles. The predicted octanol–water partition coefficient (Wildman–Crippen LogP) is 0.959. The number of benzene rings is 1. The lowest BCUT2D eigenvalue weighted by Crippen LogP contribution is -2.11. The molecule has 10 heteroatoms. The van der Waals surface area contributed by atoms with Crippen LogP contribution >= 0.6 is 0 Å². The Morgan fingerprint density at radius 3 is 2.83 bits per heavy atom. The second-order valence-corrected chi connectivity index (χ2v) is 5.00. The van der Waals surface area contributed by atoms with Crippen LogP contribution in [0.15, 0.2) is 24.5 Å². The fraction of sp³-hybridized carbons (Fsp3) is 0.154. The highest BCUT2D eigenvalue weighted by Gasteiger charge is 2.14. The predicted molar refractivity (Wildman–Crippen MR) is 84.5 cm³/mol. The average molecular weight is 314 g/mol. The standard InChI is InChI=1S/C13H14N8O2/c1-7-4-8(2-3-9(7)21(22)23)5-20-6-16-10-11(19-15)17-13(14)18-12(10)20/h2-4,6H,5,15H2,1H3,(H3,14,17,18,19). The quantitative estimate of drug-likeness (QED) is 0.366. The number of nitro benzene ring substituents is 1. The van der Waals surface area contributed by atoms with Gasteiger partial charge in [0.2, 0.25) is 5.95 Å². The van der Waals surface area contributed by atoms with Gasteiger partial charge in [0.1, 0.15) is 0 Å². The Bertz CT molecular complexity index is 904. The van der Waals surface area contributed by atoms with Crippen LogP contribution in [0.4, 0.5) is 17.5 Å². The molecule has 0 saturated heterocycles. The maximum atomic E-state index is 10.9. The van der Waals surface area contributed by atoms with Crippen LogP contribution in [-0.2, 0) is 6.54 Å². The number of anilines is 2. The van der Waals surface area contributed by atoms with Crippen LogP contribution in [-0.4, -0.2) is 24.4 Å². The van der Waals surface area contributed by atoms with E-state index in [1.54, 1.807) is 30.0 Å². The number of hydrogen-bond acceptors (Lipinski definition) is 8. The van der Waals surface area contributed by atoms with E-state index >= 15 is 0 Å².